The van der Waals surface area contributed by atoms with Crippen molar-refractivity contribution in [2.45, 2.75) is 31.2 Å². The Morgan fingerprint density at radius 3 is 2.45 bits per heavy atom. The molecule has 31 heavy (non-hydrogen) atoms. The first-order valence-corrected chi connectivity index (χ1v) is 11.4. The maximum Gasteiger partial charge on any atom is 0.243 e. The predicted octanol–water partition coefficient (Wildman–Crippen LogP) is -0.706. The zero-order chi connectivity index (χ0) is 21.6. The highest BCUT2D eigenvalue weighted by atomic mass is 79.9. The summed E-state index contributed by atoms with van der Waals surface area (Å²) in [7, 11) is -2.21. The number of aryl methyl sites for hydroxylation is 3. The summed E-state index contributed by atoms with van der Waals surface area (Å²) in [5.41, 5.74) is 3.80. The van der Waals surface area contributed by atoms with Crippen molar-refractivity contribution in [2.24, 2.45) is 7.05 Å². The number of hydrogen-bond donors (Lipinski definition) is 0. The molecule has 3 aromatic rings. The van der Waals surface area contributed by atoms with Crippen molar-refractivity contribution >= 4 is 16.3 Å². The van der Waals surface area contributed by atoms with Crippen LogP contribution in [0.15, 0.2) is 72.1 Å². The molecule has 4 rings (SSSR count). The van der Waals surface area contributed by atoms with Gasteiger partial charge in [-0.2, -0.15) is 0 Å². The zero-order valence-corrected chi connectivity index (χ0v) is 20.2. The van der Waals surface area contributed by atoms with E-state index in [0.717, 1.165) is 25.2 Å². The monoisotopic (exact) mass is 505 g/mol. The van der Waals surface area contributed by atoms with Gasteiger partial charge in [-0.15, -0.1) is 0 Å². The Bertz CT molecular complexity index is 1120. The van der Waals surface area contributed by atoms with Gasteiger partial charge in [0.15, 0.2) is 6.21 Å². The van der Waals surface area contributed by atoms with Crippen LogP contribution in [0.2, 0.25) is 0 Å². The third-order valence-corrected chi connectivity index (χ3v) is 5.89. The second kappa shape index (κ2) is 11.4. The van der Waals surface area contributed by atoms with E-state index < -0.39 is 10.1 Å². The molecule has 0 atom stereocenters. The third-order valence-electron chi connectivity index (χ3n) is 5.04. The summed E-state index contributed by atoms with van der Waals surface area (Å²) in [5, 5.41) is 0. The molecule has 0 spiro atoms. The van der Waals surface area contributed by atoms with E-state index in [1.54, 1.807) is 12.1 Å². The van der Waals surface area contributed by atoms with Crippen LogP contribution in [0.5, 0.6) is 0 Å². The minimum Gasteiger partial charge on any atom is -1.00 e. The molecule has 0 bridgehead atoms. The minimum atomic E-state index is -4.27. The zero-order valence-electron chi connectivity index (χ0n) is 17.8. The number of rotatable bonds is 5. The number of nitrogens with zero attached hydrogens (tertiary/aromatic N) is 3. The standard InChI is InChI=1S/C16H21N3.C7H8O3S.BrH/c1-17-11-12-19(14-17)9-4-8-18-10-7-15-5-2-3-6-16(15)13-18;1-6-2-4-7(5-3-6)11(8,9)10;/h2-3,5-6,11-14H,4,7-10H2,1H3;2-5H,1H3,(H,8,9,10);1H/q+2;;/p-2. The van der Waals surface area contributed by atoms with E-state index in [-0.39, 0.29) is 21.9 Å². The van der Waals surface area contributed by atoms with Crippen molar-refractivity contribution < 1.29 is 39.1 Å². The van der Waals surface area contributed by atoms with Gasteiger partial charge in [0.1, 0.15) is 35.6 Å². The van der Waals surface area contributed by atoms with Crippen LogP contribution in [-0.4, -0.2) is 41.4 Å². The molecule has 6 nitrogen and oxygen atoms in total. The van der Waals surface area contributed by atoms with E-state index in [9.17, 15) is 13.0 Å². The first kappa shape index (κ1) is 25.0. The summed E-state index contributed by atoms with van der Waals surface area (Å²) in [6.07, 6.45) is 11.0. The molecule has 8 heteroatoms. The molecule has 0 radical (unpaired) electrons. The fraction of sp³-hybridized carbons (Fsp3) is 0.304. The molecular formula is C23H28BrN3O3S. The van der Waals surface area contributed by atoms with Gasteiger partial charge < -0.3 is 21.5 Å². The van der Waals surface area contributed by atoms with Crippen molar-refractivity contribution in [3.8, 4) is 0 Å². The van der Waals surface area contributed by atoms with Gasteiger partial charge in [-0.25, -0.2) is 22.1 Å². The summed E-state index contributed by atoms with van der Waals surface area (Å²) < 4.78 is 38.0. The molecule has 0 N–H and O–H groups in total. The Morgan fingerprint density at radius 2 is 1.81 bits per heavy atom. The quantitative estimate of drug-likeness (QED) is 0.340. The van der Waals surface area contributed by atoms with Crippen LogP contribution in [0.1, 0.15) is 23.1 Å². The lowest BCUT2D eigenvalue weighted by Crippen LogP contribution is -3.00. The van der Waals surface area contributed by atoms with Gasteiger partial charge in [0.05, 0.1) is 18.5 Å². The second-order valence-corrected chi connectivity index (χ2v) is 8.93. The van der Waals surface area contributed by atoms with Gasteiger partial charge in [0.25, 0.3) is 0 Å². The number of benzene rings is 2. The van der Waals surface area contributed by atoms with Crippen molar-refractivity contribution in [1.29, 1.82) is 0 Å². The molecule has 1 aromatic heterocycles. The second-order valence-electron chi connectivity index (χ2n) is 7.55. The Labute approximate surface area is 195 Å². The summed E-state index contributed by atoms with van der Waals surface area (Å²) in [4.78, 5) is -0.178. The van der Waals surface area contributed by atoms with Gasteiger partial charge in [-0.1, -0.05) is 35.9 Å². The summed E-state index contributed by atoms with van der Waals surface area (Å²) in [5.74, 6) is 0. The number of fused-ring (bicyclic) bond motifs is 1. The molecule has 166 valence electrons. The molecule has 1 aliphatic rings. The van der Waals surface area contributed by atoms with E-state index in [0.29, 0.717) is 0 Å². The van der Waals surface area contributed by atoms with Gasteiger partial charge >= 0.3 is 0 Å². The lowest BCUT2D eigenvalue weighted by atomic mass is 10.0. The fourth-order valence-corrected chi connectivity index (χ4v) is 3.85. The topological polar surface area (TPSA) is 69.0 Å². The van der Waals surface area contributed by atoms with Crippen LogP contribution in [0.4, 0.5) is 0 Å². The first-order valence-electron chi connectivity index (χ1n) is 10.0. The smallest absolute Gasteiger partial charge is 0.243 e. The number of halogens is 1. The summed E-state index contributed by atoms with van der Waals surface area (Å²) in [6, 6.07) is 14.5. The summed E-state index contributed by atoms with van der Waals surface area (Å²) in [6.45, 7) is 5.20. The lowest BCUT2D eigenvalue weighted by molar-refractivity contribution is -0.671. The molecular weight excluding hydrogens is 478 g/mol. The van der Waals surface area contributed by atoms with E-state index in [2.05, 4.69) is 70.0 Å². The summed E-state index contributed by atoms with van der Waals surface area (Å²) >= 11 is 0. The first-order chi connectivity index (χ1) is 14.3. The normalized spacial score (nSPS) is 12.7. The third kappa shape index (κ3) is 7.72. The van der Waals surface area contributed by atoms with Crippen LogP contribution in [0, 0.1) is 6.92 Å². The Hall–Kier alpha value is -2.29. The average Bonchev–Trinajstić information content (AvgIpc) is 3.13. The minimum absolute atomic E-state index is 0. The lowest BCUT2D eigenvalue weighted by Gasteiger charge is -2.11. The van der Waals surface area contributed by atoms with Crippen LogP contribution < -0.4 is 21.5 Å². The SMILES string of the molecule is C[n+]1ccn(CCC[N+]2=Cc3ccccc3CC2)c1.Cc1ccc(S(=O)(=O)[O-])cc1.[Br-]. The highest BCUT2D eigenvalue weighted by Gasteiger charge is 2.15. The van der Waals surface area contributed by atoms with Crippen molar-refractivity contribution in [1.82, 2.24) is 4.57 Å². The molecule has 0 amide bonds. The van der Waals surface area contributed by atoms with E-state index in [4.69, 9.17) is 0 Å². The highest BCUT2D eigenvalue weighted by molar-refractivity contribution is 7.85. The maximum absolute atomic E-state index is 10.4. The van der Waals surface area contributed by atoms with E-state index >= 15 is 0 Å². The van der Waals surface area contributed by atoms with Gasteiger partial charge in [-0.3, -0.25) is 0 Å². The molecule has 1 aliphatic heterocycles. The Balaban J connectivity index is 0.000000245. The molecule has 0 unspecified atom stereocenters. The van der Waals surface area contributed by atoms with Crippen molar-refractivity contribution in [2.75, 3.05) is 13.1 Å². The van der Waals surface area contributed by atoms with Crippen LogP contribution in [-0.2, 0) is 30.1 Å². The molecule has 0 saturated carbocycles. The molecule has 0 fully saturated rings. The van der Waals surface area contributed by atoms with E-state index in [1.165, 1.54) is 36.1 Å². The Kier molecular flexibility index (Phi) is 9.15. The number of hydrogen-bond acceptors (Lipinski definition) is 3. The van der Waals surface area contributed by atoms with Gasteiger partial charge in [-0.05, 0) is 30.7 Å². The van der Waals surface area contributed by atoms with Gasteiger partial charge in [0.2, 0.25) is 6.33 Å². The van der Waals surface area contributed by atoms with Crippen LogP contribution in [0.25, 0.3) is 0 Å². The predicted molar refractivity (Wildman–Crippen MR) is 115 cm³/mol. The van der Waals surface area contributed by atoms with Crippen LogP contribution in [0.3, 0.4) is 0 Å². The number of aromatic nitrogens is 2. The van der Waals surface area contributed by atoms with E-state index in [1.807, 2.05) is 6.92 Å². The van der Waals surface area contributed by atoms with Gasteiger partial charge in [0, 0.05) is 18.4 Å². The van der Waals surface area contributed by atoms with Crippen LogP contribution >= 0.6 is 0 Å². The average molecular weight is 506 g/mol. The molecule has 0 aliphatic carbocycles. The molecule has 2 heterocycles. The van der Waals surface area contributed by atoms with Crippen molar-refractivity contribution in [3.63, 3.8) is 0 Å². The largest absolute Gasteiger partial charge is 1.00 e. The highest BCUT2D eigenvalue weighted by Crippen LogP contribution is 2.11. The van der Waals surface area contributed by atoms with Crippen molar-refractivity contribution in [3.05, 3.63) is 83.9 Å². The fourth-order valence-electron chi connectivity index (χ4n) is 3.38. The molecule has 2 aromatic carbocycles. The molecule has 0 saturated heterocycles. The number of imidazole rings is 1. The Morgan fingerprint density at radius 1 is 1.10 bits per heavy atom. The maximum atomic E-state index is 10.4.